The van der Waals surface area contributed by atoms with Gasteiger partial charge in [0.2, 0.25) is 11.8 Å². The third-order valence-corrected chi connectivity index (χ3v) is 6.75. The molecule has 0 aromatic carbocycles. The molecule has 2 saturated heterocycles. The number of amides is 2. The number of nitrogens with zero attached hydrogens (tertiary/aromatic N) is 1. The normalized spacial score (nSPS) is 34.9. The predicted molar refractivity (Wildman–Crippen MR) is 81.8 cm³/mol. The fourth-order valence-corrected chi connectivity index (χ4v) is 5.34. The van der Waals surface area contributed by atoms with Crippen molar-refractivity contribution in [2.24, 2.45) is 0 Å². The second-order valence-corrected chi connectivity index (χ2v) is 8.26. The smallest absolute Gasteiger partial charge is 0.244 e. The van der Waals surface area contributed by atoms with E-state index in [1.54, 1.807) is 16.7 Å². The van der Waals surface area contributed by atoms with Gasteiger partial charge in [-0.2, -0.15) is 0 Å². The molecule has 0 aromatic heterocycles. The van der Waals surface area contributed by atoms with Gasteiger partial charge in [0.1, 0.15) is 6.04 Å². The Balaban J connectivity index is 1.72. The highest BCUT2D eigenvalue weighted by Crippen LogP contribution is 2.47. The van der Waals surface area contributed by atoms with Crippen molar-refractivity contribution in [3.8, 4) is 0 Å². The summed E-state index contributed by atoms with van der Waals surface area (Å²) in [5, 5.41) is 12.8. The monoisotopic (exact) mass is 312 g/mol. The molecule has 118 valence electrons. The zero-order chi connectivity index (χ0) is 15.1. The molecule has 2 atom stereocenters. The second-order valence-electron chi connectivity index (χ2n) is 6.75. The Kier molecular flexibility index (Phi) is 3.94. The summed E-state index contributed by atoms with van der Waals surface area (Å²) in [6.07, 6.45) is 6.28. The molecule has 3 aliphatic rings. The standard InChI is InChI=1S/C15H24N2O3S/c1-14-8-5-12(19)17(14)11(9-21-14)13(20)16-15(10-18)6-3-2-4-7-15/h11,18H,2-10H2,1H3,(H,16,20). The minimum Gasteiger partial charge on any atom is -0.394 e. The highest BCUT2D eigenvalue weighted by Gasteiger charge is 2.53. The molecule has 0 radical (unpaired) electrons. The van der Waals surface area contributed by atoms with Crippen molar-refractivity contribution in [3.05, 3.63) is 0 Å². The molecule has 3 rings (SSSR count). The molecule has 2 heterocycles. The average molecular weight is 312 g/mol. The summed E-state index contributed by atoms with van der Waals surface area (Å²) in [7, 11) is 0. The first-order valence-electron chi connectivity index (χ1n) is 7.89. The number of aliphatic hydroxyl groups is 1. The lowest BCUT2D eigenvalue weighted by Crippen LogP contribution is -2.58. The highest BCUT2D eigenvalue weighted by molar-refractivity contribution is 8.01. The van der Waals surface area contributed by atoms with Crippen molar-refractivity contribution in [1.82, 2.24) is 10.2 Å². The number of nitrogens with one attached hydrogen (secondary N) is 1. The van der Waals surface area contributed by atoms with E-state index in [1.165, 1.54) is 6.42 Å². The van der Waals surface area contributed by atoms with Gasteiger partial charge in [-0.3, -0.25) is 9.59 Å². The van der Waals surface area contributed by atoms with Crippen LogP contribution in [-0.4, -0.2) is 50.6 Å². The minimum absolute atomic E-state index is 0.0101. The lowest BCUT2D eigenvalue weighted by Gasteiger charge is -2.38. The number of rotatable bonds is 3. The molecule has 0 bridgehead atoms. The van der Waals surface area contributed by atoms with Crippen molar-refractivity contribution in [2.45, 2.75) is 68.3 Å². The van der Waals surface area contributed by atoms with Gasteiger partial charge in [-0.1, -0.05) is 19.3 Å². The Morgan fingerprint density at radius 2 is 2.10 bits per heavy atom. The van der Waals surface area contributed by atoms with Gasteiger partial charge in [-0.25, -0.2) is 0 Å². The topological polar surface area (TPSA) is 69.6 Å². The summed E-state index contributed by atoms with van der Waals surface area (Å²) in [6.45, 7) is 2.04. The fourth-order valence-electron chi connectivity index (χ4n) is 3.91. The van der Waals surface area contributed by atoms with Crippen LogP contribution in [0.4, 0.5) is 0 Å². The van der Waals surface area contributed by atoms with Gasteiger partial charge < -0.3 is 15.3 Å². The average Bonchev–Trinajstić information content (AvgIpc) is 2.97. The first-order chi connectivity index (χ1) is 10.00. The Labute approximate surface area is 129 Å². The van der Waals surface area contributed by atoms with Crippen LogP contribution < -0.4 is 5.32 Å². The van der Waals surface area contributed by atoms with Gasteiger partial charge in [0, 0.05) is 12.2 Å². The van der Waals surface area contributed by atoms with Crippen LogP contribution in [0.2, 0.25) is 0 Å². The summed E-state index contributed by atoms with van der Waals surface area (Å²) in [4.78, 5) is 26.3. The van der Waals surface area contributed by atoms with E-state index in [-0.39, 0.29) is 29.3 Å². The highest BCUT2D eigenvalue weighted by atomic mass is 32.2. The molecule has 6 heteroatoms. The van der Waals surface area contributed by atoms with Crippen molar-refractivity contribution in [1.29, 1.82) is 0 Å². The molecule has 3 fully saturated rings. The van der Waals surface area contributed by atoms with Crippen LogP contribution in [-0.2, 0) is 9.59 Å². The van der Waals surface area contributed by atoms with Gasteiger partial charge in [-0.05, 0) is 26.2 Å². The van der Waals surface area contributed by atoms with Crippen LogP contribution in [0.25, 0.3) is 0 Å². The number of fused-ring (bicyclic) bond motifs is 1. The summed E-state index contributed by atoms with van der Waals surface area (Å²) in [6, 6.07) is -0.375. The third-order valence-electron chi connectivity index (χ3n) is 5.25. The third kappa shape index (κ3) is 2.57. The Morgan fingerprint density at radius 1 is 1.38 bits per heavy atom. The Hall–Kier alpha value is -0.750. The molecule has 0 aromatic rings. The summed E-state index contributed by atoms with van der Waals surface area (Å²) < 4.78 is 0. The van der Waals surface area contributed by atoms with E-state index in [0.717, 1.165) is 32.1 Å². The molecular weight excluding hydrogens is 288 g/mol. The molecule has 0 spiro atoms. The zero-order valence-corrected chi connectivity index (χ0v) is 13.4. The van der Waals surface area contributed by atoms with Gasteiger partial charge in [0.25, 0.3) is 0 Å². The molecule has 5 nitrogen and oxygen atoms in total. The van der Waals surface area contributed by atoms with Gasteiger partial charge in [-0.15, -0.1) is 11.8 Å². The summed E-state index contributed by atoms with van der Waals surface area (Å²) in [5.74, 6) is 0.664. The first kappa shape index (κ1) is 15.2. The van der Waals surface area contributed by atoms with Crippen molar-refractivity contribution in [2.75, 3.05) is 12.4 Å². The van der Waals surface area contributed by atoms with E-state index in [2.05, 4.69) is 12.2 Å². The summed E-state index contributed by atoms with van der Waals surface area (Å²) >= 11 is 1.71. The van der Waals surface area contributed by atoms with E-state index >= 15 is 0 Å². The van der Waals surface area contributed by atoms with Gasteiger partial charge in [0.05, 0.1) is 17.0 Å². The largest absolute Gasteiger partial charge is 0.394 e. The molecule has 21 heavy (non-hydrogen) atoms. The Morgan fingerprint density at radius 3 is 2.76 bits per heavy atom. The number of carbonyl (C=O) groups excluding carboxylic acids is 2. The van der Waals surface area contributed by atoms with Crippen LogP contribution in [0.3, 0.4) is 0 Å². The summed E-state index contributed by atoms with van der Waals surface area (Å²) in [5.41, 5.74) is -0.470. The Bertz CT molecular complexity index is 450. The van der Waals surface area contributed by atoms with Crippen LogP contribution in [0.1, 0.15) is 51.9 Å². The maximum Gasteiger partial charge on any atom is 0.244 e. The van der Waals surface area contributed by atoms with Gasteiger partial charge >= 0.3 is 0 Å². The van der Waals surface area contributed by atoms with E-state index < -0.39 is 5.54 Å². The number of thioether (sulfide) groups is 1. The maximum atomic E-state index is 12.7. The van der Waals surface area contributed by atoms with Crippen LogP contribution in [0, 0.1) is 0 Å². The molecule has 2 unspecified atom stereocenters. The molecule has 1 saturated carbocycles. The molecule has 1 aliphatic carbocycles. The quantitative estimate of drug-likeness (QED) is 0.823. The molecule has 2 amide bonds. The van der Waals surface area contributed by atoms with E-state index in [4.69, 9.17) is 0 Å². The zero-order valence-electron chi connectivity index (χ0n) is 12.6. The van der Waals surface area contributed by atoms with Crippen LogP contribution in [0.15, 0.2) is 0 Å². The molecule has 2 N–H and O–H groups in total. The van der Waals surface area contributed by atoms with E-state index in [9.17, 15) is 14.7 Å². The van der Waals surface area contributed by atoms with E-state index in [0.29, 0.717) is 12.2 Å². The minimum atomic E-state index is -0.470. The number of hydrogen-bond donors (Lipinski definition) is 2. The lowest BCUT2D eigenvalue weighted by atomic mass is 9.82. The van der Waals surface area contributed by atoms with Crippen LogP contribution in [0.5, 0.6) is 0 Å². The van der Waals surface area contributed by atoms with Crippen molar-refractivity contribution < 1.29 is 14.7 Å². The molecular formula is C15H24N2O3S. The SMILES string of the molecule is CC12CCC(=O)N1C(C(=O)NC1(CO)CCCCC1)CS2. The predicted octanol–water partition coefficient (Wildman–Crippen LogP) is 1.25. The number of hydrogen-bond acceptors (Lipinski definition) is 4. The number of aliphatic hydroxyl groups excluding tert-OH is 1. The second kappa shape index (κ2) is 5.47. The maximum absolute atomic E-state index is 12.7. The van der Waals surface area contributed by atoms with Crippen molar-refractivity contribution >= 4 is 23.6 Å². The number of carbonyl (C=O) groups is 2. The van der Waals surface area contributed by atoms with E-state index in [1.807, 2.05) is 0 Å². The van der Waals surface area contributed by atoms with Crippen LogP contribution >= 0.6 is 11.8 Å². The lowest BCUT2D eigenvalue weighted by molar-refractivity contribution is -0.139. The van der Waals surface area contributed by atoms with Gasteiger partial charge in [0.15, 0.2) is 0 Å². The first-order valence-corrected chi connectivity index (χ1v) is 8.87. The van der Waals surface area contributed by atoms with Crippen molar-refractivity contribution in [3.63, 3.8) is 0 Å². The molecule has 2 aliphatic heterocycles. The fraction of sp³-hybridized carbons (Fsp3) is 0.867.